The van der Waals surface area contributed by atoms with E-state index < -0.39 is 0 Å². The second-order valence-corrected chi connectivity index (χ2v) is 12.2. The van der Waals surface area contributed by atoms with Gasteiger partial charge in [0, 0.05) is 63.7 Å². The summed E-state index contributed by atoms with van der Waals surface area (Å²) in [5.41, 5.74) is -0.0844. The zero-order valence-electron chi connectivity index (χ0n) is 20.6. The first kappa shape index (κ1) is 24.8. The number of methoxy groups -OCH3 is 1. The van der Waals surface area contributed by atoms with Crippen molar-refractivity contribution in [2.45, 2.75) is 74.0 Å². The first-order chi connectivity index (χ1) is 16.5. The van der Waals surface area contributed by atoms with Gasteiger partial charge < -0.3 is 30.9 Å². The van der Waals surface area contributed by atoms with E-state index in [2.05, 4.69) is 33.5 Å². The smallest absolute Gasteiger partial charge is 0.241 e. The highest BCUT2D eigenvalue weighted by molar-refractivity contribution is 8.00. The van der Waals surface area contributed by atoms with Crippen LogP contribution < -0.4 is 26.6 Å². The van der Waals surface area contributed by atoms with Gasteiger partial charge in [-0.25, -0.2) is 0 Å². The Kier molecular flexibility index (Phi) is 8.02. The quantitative estimate of drug-likeness (QED) is 0.354. The molecule has 5 aliphatic rings. The van der Waals surface area contributed by atoms with Crippen molar-refractivity contribution in [1.82, 2.24) is 31.5 Å². The van der Waals surface area contributed by atoms with Crippen molar-refractivity contribution in [2.75, 3.05) is 46.4 Å². The van der Waals surface area contributed by atoms with Gasteiger partial charge in [-0.15, -0.1) is 11.8 Å². The van der Waals surface area contributed by atoms with Gasteiger partial charge in [-0.1, -0.05) is 12.8 Å². The van der Waals surface area contributed by atoms with E-state index in [0.717, 1.165) is 45.4 Å². The van der Waals surface area contributed by atoms with Gasteiger partial charge in [0.2, 0.25) is 11.8 Å². The minimum atomic E-state index is -0.123. The Morgan fingerprint density at radius 1 is 1.06 bits per heavy atom. The summed E-state index contributed by atoms with van der Waals surface area (Å²) < 4.78 is 5.87. The van der Waals surface area contributed by atoms with Gasteiger partial charge in [0.1, 0.15) is 5.50 Å². The number of carbonyl (C=O) groups excluding carboxylic acids is 2. The SMILES string of the molecule is COC1CCCCC1C1CC(C)NCC1C(=O)NC1NC2CN(C(=O)C3CNCCN3)CC2S1. The van der Waals surface area contributed by atoms with Crippen molar-refractivity contribution >= 4 is 23.6 Å². The lowest BCUT2D eigenvalue weighted by Crippen LogP contribution is -2.57. The number of ether oxygens (including phenoxy) is 1. The fraction of sp³-hybridized carbons (Fsp3) is 0.917. The summed E-state index contributed by atoms with van der Waals surface area (Å²) >= 11 is 1.77. The molecular formula is C24H42N6O3S. The summed E-state index contributed by atoms with van der Waals surface area (Å²) in [6.07, 6.45) is 6.04. The molecule has 9 atom stereocenters. The van der Waals surface area contributed by atoms with Crippen LogP contribution in [-0.2, 0) is 14.3 Å². The van der Waals surface area contributed by atoms with Gasteiger partial charge in [0.25, 0.3) is 0 Å². The van der Waals surface area contributed by atoms with Crippen LogP contribution in [0.25, 0.3) is 0 Å². The van der Waals surface area contributed by atoms with Crippen LogP contribution in [0.1, 0.15) is 39.0 Å². The van der Waals surface area contributed by atoms with E-state index in [0.29, 0.717) is 36.2 Å². The Morgan fingerprint density at radius 3 is 2.68 bits per heavy atom. The lowest BCUT2D eigenvalue weighted by atomic mass is 9.68. The second-order valence-electron chi connectivity index (χ2n) is 10.8. The molecule has 2 amide bonds. The number of hydrogen-bond acceptors (Lipinski definition) is 8. The van der Waals surface area contributed by atoms with Crippen LogP contribution in [0.15, 0.2) is 0 Å². The van der Waals surface area contributed by atoms with Gasteiger partial charge in [-0.05, 0) is 38.0 Å². The Balaban J connectivity index is 1.15. The molecule has 0 aromatic heterocycles. The summed E-state index contributed by atoms with van der Waals surface area (Å²) in [4.78, 5) is 28.3. The first-order valence-corrected chi connectivity index (χ1v) is 14.2. The third kappa shape index (κ3) is 5.27. The molecule has 5 N–H and O–H groups in total. The average Bonchev–Trinajstić information content (AvgIpc) is 3.42. The zero-order chi connectivity index (χ0) is 23.7. The number of carbonyl (C=O) groups is 2. The summed E-state index contributed by atoms with van der Waals surface area (Å²) in [5, 5.41) is 17.4. The Hall–Kier alpha value is -0.910. The molecule has 1 aliphatic carbocycles. The highest BCUT2D eigenvalue weighted by atomic mass is 32.2. The Labute approximate surface area is 207 Å². The van der Waals surface area contributed by atoms with Crippen LogP contribution >= 0.6 is 11.8 Å². The lowest BCUT2D eigenvalue weighted by Gasteiger charge is -2.44. The van der Waals surface area contributed by atoms with Crippen LogP contribution in [0, 0.1) is 17.8 Å². The maximum atomic E-state index is 13.5. The third-order valence-corrected chi connectivity index (χ3v) is 9.99. The van der Waals surface area contributed by atoms with Crippen LogP contribution in [-0.4, -0.2) is 98.1 Å². The van der Waals surface area contributed by atoms with E-state index in [-0.39, 0.29) is 41.4 Å². The van der Waals surface area contributed by atoms with Crippen molar-refractivity contribution in [3.05, 3.63) is 0 Å². The maximum absolute atomic E-state index is 13.5. The molecule has 4 heterocycles. The van der Waals surface area contributed by atoms with Crippen molar-refractivity contribution in [2.24, 2.45) is 17.8 Å². The maximum Gasteiger partial charge on any atom is 0.241 e. The predicted octanol–water partition coefficient (Wildman–Crippen LogP) is -0.317. The Bertz CT molecular complexity index is 723. The molecule has 1 saturated carbocycles. The number of nitrogens with zero attached hydrogens (tertiary/aromatic N) is 1. The van der Waals surface area contributed by atoms with E-state index in [1.165, 1.54) is 12.8 Å². The largest absolute Gasteiger partial charge is 0.381 e. The summed E-state index contributed by atoms with van der Waals surface area (Å²) in [6.45, 7) is 6.87. The molecule has 0 spiro atoms. The molecular weight excluding hydrogens is 452 g/mol. The molecule has 5 rings (SSSR count). The molecule has 5 fully saturated rings. The Morgan fingerprint density at radius 2 is 1.91 bits per heavy atom. The monoisotopic (exact) mass is 494 g/mol. The number of piperidine rings is 1. The number of nitrogens with one attached hydrogen (secondary N) is 5. The highest BCUT2D eigenvalue weighted by Crippen LogP contribution is 2.40. The van der Waals surface area contributed by atoms with Gasteiger partial charge >= 0.3 is 0 Å². The fourth-order valence-electron chi connectivity index (χ4n) is 6.82. The average molecular weight is 495 g/mol. The van der Waals surface area contributed by atoms with Crippen LogP contribution in [0.3, 0.4) is 0 Å². The topological polar surface area (TPSA) is 107 Å². The number of likely N-dealkylation sites (tertiary alicyclic amines) is 1. The number of thioether (sulfide) groups is 1. The number of piperazine rings is 1. The van der Waals surface area contributed by atoms with Crippen LogP contribution in [0.4, 0.5) is 0 Å². The van der Waals surface area contributed by atoms with Gasteiger partial charge in [-0.2, -0.15) is 0 Å². The van der Waals surface area contributed by atoms with Crippen molar-refractivity contribution in [3.8, 4) is 0 Å². The van der Waals surface area contributed by atoms with Gasteiger partial charge in [-0.3, -0.25) is 14.9 Å². The summed E-state index contributed by atoms with van der Waals surface area (Å²) in [5.74, 6) is 1.14. The molecule has 34 heavy (non-hydrogen) atoms. The molecule has 9 nitrogen and oxygen atoms in total. The number of amides is 2. The normalized spacial score (nSPS) is 42.9. The molecule has 10 heteroatoms. The predicted molar refractivity (Wildman–Crippen MR) is 133 cm³/mol. The number of hydrogen-bond donors (Lipinski definition) is 5. The third-order valence-electron chi connectivity index (χ3n) is 8.64. The number of fused-ring (bicyclic) bond motifs is 1. The zero-order valence-corrected chi connectivity index (χ0v) is 21.4. The van der Waals surface area contributed by atoms with Gasteiger partial charge in [0.15, 0.2) is 0 Å². The van der Waals surface area contributed by atoms with Crippen LogP contribution in [0.2, 0.25) is 0 Å². The molecule has 0 aromatic rings. The molecule has 0 aromatic carbocycles. The molecule has 0 radical (unpaired) electrons. The molecule has 4 aliphatic heterocycles. The fourth-order valence-corrected chi connectivity index (χ4v) is 8.23. The van der Waals surface area contributed by atoms with E-state index >= 15 is 0 Å². The molecule has 0 bridgehead atoms. The first-order valence-electron chi connectivity index (χ1n) is 13.2. The molecule has 192 valence electrons. The van der Waals surface area contributed by atoms with E-state index in [1.807, 2.05) is 12.0 Å². The van der Waals surface area contributed by atoms with E-state index in [9.17, 15) is 9.59 Å². The minimum absolute atomic E-state index is 0.0252. The summed E-state index contributed by atoms with van der Waals surface area (Å²) in [6, 6.07) is 0.540. The standard InChI is InChI=1S/C24H42N6O3S/c1-14-9-16(15-5-3-4-6-20(15)33-2)17(10-27-14)22(31)29-24-28-19-12-30(13-21(19)34-24)23(32)18-11-25-7-8-26-18/h14-21,24-28H,3-13H2,1-2H3,(H,29,31). The molecule has 4 saturated heterocycles. The van der Waals surface area contributed by atoms with Crippen molar-refractivity contribution in [1.29, 1.82) is 0 Å². The molecule has 9 unspecified atom stereocenters. The van der Waals surface area contributed by atoms with Gasteiger partial charge in [0.05, 0.1) is 18.1 Å². The highest BCUT2D eigenvalue weighted by Gasteiger charge is 2.46. The van der Waals surface area contributed by atoms with E-state index in [4.69, 9.17) is 4.74 Å². The number of rotatable bonds is 5. The van der Waals surface area contributed by atoms with Crippen molar-refractivity contribution in [3.63, 3.8) is 0 Å². The van der Waals surface area contributed by atoms with Crippen LogP contribution in [0.5, 0.6) is 0 Å². The lowest BCUT2D eigenvalue weighted by molar-refractivity contribution is -0.133. The van der Waals surface area contributed by atoms with E-state index in [1.54, 1.807) is 11.8 Å². The summed E-state index contributed by atoms with van der Waals surface area (Å²) in [7, 11) is 1.83. The minimum Gasteiger partial charge on any atom is -0.381 e. The van der Waals surface area contributed by atoms with Crippen molar-refractivity contribution < 1.29 is 14.3 Å². The second kappa shape index (κ2) is 11.0.